The maximum Gasteiger partial charge on any atom is 0.134 e. The fourth-order valence-corrected chi connectivity index (χ4v) is 4.27. The molecule has 1 atom stereocenters. The van der Waals surface area contributed by atoms with Crippen LogP contribution in [0.15, 0.2) is 36.4 Å². The van der Waals surface area contributed by atoms with Crippen molar-refractivity contribution >= 4 is 23.8 Å². The van der Waals surface area contributed by atoms with Gasteiger partial charge in [-0.2, -0.15) is 0 Å². The molecule has 2 aromatic rings. The summed E-state index contributed by atoms with van der Waals surface area (Å²) in [6.07, 6.45) is 0. The van der Waals surface area contributed by atoms with E-state index in [1.54, 1.807) is 21.3 Å². The van der Waals surface area contributed by atoms with Crippen LogP contribution in [0.3, 0.4) is 0 Å². The second kappa shape index (κ2) is 7.63. The van der Waals surface area contributed by atoms with Crippen molar-refractivity contribution in [2.24, 2.45) is 0 Å². The van der Waals surface area contributed by atoms with Crippen LogP contribution in [0.4, 0.5) is 0 Å². The number of rotatable bonds is 5. The molecular weight excluding hydrogens is 343 g/mol. The van der Waals surface area contributed by atoms with E-state index in [0.717, 1.165) is 16.4 Å². The molecule has 24 heavy (non-hydrogen) atoms. The van der Waals surface area contributed by atoms with E-state index < -0.39 is 7.27 Å². The Labute approximate surface area is 150 Å². The average molecular weight is 367 g/mol. The van der Waals surface area contributed by atoms with Crippen molar-refractivity contribution in [1.82, 2.24) is 0 Å². The Morgan fingerprint density at radius 3 is 1.88 bits per heavy atom. The molecule has 0 saturated carbocycles. The lowest BCUT2D eigenvalue weighted by molar-refractivity contribution is 0.377. The summed E-state index contributed by atoms with van der Waals surface area (Å²) < 4.78 is 16.6. The molecule has 0 spiro atoms. The molecule has 5 heteroatoms. The average Bonchev–Trinajstić information content (AvgIpc) is 2.58. The number of halogens is 1. The van der Waals surface area contributed by atoms with Crippen molar-refractivity contribution in [3.05, 3.63) is 36.4 Å². The Kier molecular flexibility index (Phi) is 6.01. The van der Waals surface area contributed by atoms with E-state index in [1.807, 2.05) is 24.3 Å². The van der Waals surface area contributed by atoms with Gasteiger partial charge in [0.1, 0.15) is 17.2 Å². The topological polar surface area (TPSA) is 27.7 Å². The molecule has 0 radical (unpaired) electrons. The molecule has 0 aliphatic rings. The first-order valence-corrected chi connectivity index (χ1v) is 9.93. The molecule has 0 aliphatic heterocycles. The van der Waals surface area contributed by atoms with Crippen LogP contribution in [-0.2, 0) is 0 Å². The number of benzene rings is 2. The van der Waals surface area contributed by atoms with Gasteiger partial charge < -0.3 is 14.2 Å². The van der Waals surface area contributed by atoms with Crippen LogP contribution in [0.1, 0.15) is 20.8 Å². The number of methoxy groups -OCH3 is 3. The summed E-state index contributed by atoms with van der Waals surface area (Å²) in [4.78, 5) is 0. The van der Waals surface area contributed by atoms with Gasteiger partial charge in [-0.15, -0.1) is 0 Å². The lowest BCUT2D eigenvalue weighted by Crippen LogP contribution is -2.17. The first-order valence-electron chi connectivity index (χ1n) is 7.69. The van der Waals surface area contributed by atoms with Gasteiger partial charge in [-0.05, 0) is 16.0 Å². The zero-order valence-electron chi connectivity index (χ0n) is 15.0. The third-order valence-corrected chi connectivity index (χ3v) is 7.75. The van der Waals surface area contributed by atoms with Crippen LogP contribution < -0.4 is 19.5 Å². The highest BCUT2D eigenvalue weighted by Gasteiger charge is 2.28. The molecule has 0 aliphatic carbocycles. The van der Waals surface area contributed by atoms with Gasteiger partial charge in [0.05, 0.1) is 26.9 Å². The number of ether oxygens (including phenoxy) is 3. The van der Waals surface area contributed by atoms with Crippen molar-refractivity contribution in [2.75, 3.05) is 21.3 Å². The van der Waals surface area contributed by atoms with E-state index in [0.29, 0.717) is 17.2 Å². The van der Waals surface area contributed by atoms with Crippen LogP contribution in [0.5, 0.6) is 17.2 Å². The lowest BCUT2D eigenvalue weighted by atomic mass is 10.0. The lowest BCUT2D eigenvalue weighted by Gasteiger charge is -2.28. The standard InChI is InChI=1S/C19H24ClO3P/c1-19(2,3)24(20)17-10-8-7-9-14(17)18-15(22-5)11-13(21-4)12-16(18)23-6/h7-12H,1-6H3/t24-/m1/s1. The van der Waals surface area contributed by atoms with E-state index in [4.69, 9.17) is 25.5 Å². The Morgan fingerprint density at radius 2 is 1.42 bits per heavy atom. The molecule has 0 unspecified atom stereocenters. The van der Waals surface area contributed by atoms with Gasteiger partial charge in [0, 0.05) is 19.4 Å². The highest BCUT2D eigenvalue weighted by atomic mass is 35.7. The van der Waals surface area contributed by atoms with E-state index in [-0.39, 0.29) is 5.16 Å². The predicted octanol–water partition coefficient (Wildman–Crippen LogP) is 5.44. The largest absolute Gasteiger partial charge is 0.496 e. The zero-order valence-corrected chi connectivity index (χ0v) is 16.7. The first kappa shape index (κ1) is 18.9. The van der Waals surface area contributed by atoms with Crippen molar-refractivity contribution in [3.63, 3.8) is 0 Å². The van der Waals surface area contributed by atoms with Crippen LogP contribution in [-0.4, -0.2) is 26.5 Å². The SMILES string of the molecule is COc1cc(OC)c(-c2ccccc2[P@@](Cl)C(C)(C)C)c(OC)c1. The van der Waals surface area contributed by atoms with E-state index in [2.05, 4.69) is 32.9 Å². The van der Waals surface area contributed by atoms with Gasteiger partial charge in [-0.1, -0.05) is 56.3 Å². The summed E-state index contributed by atoms with van der Waals surface area (Å²) in [5, 5.41) is 1.10. The fourth-order valence-electron chi connectivity index (χ4n) is 2.49. The van der Waals surface area contributed by atoms with E-state index in [1.165, 1.54) is 0 Å². The number of hydrogen-bond donors (Lipinski definition) is 0. The number of hydrogen-bond acceptors (Lipinski definition) is 3. The molecule has 0 heterocycles. The van der Waals surface area contributed by atoms with E-state index in [9.17, 15) is 0 Å². The third-order valence-electron chi connectivity index (χ3n) is 3.69. The fraction of sp³-hybridized carbons (Fsp3) is 0.368. The molecule has 0 saturated heterocycles. The van der Waals surface area contributed by atoms with Crippen LogP contribution in [0, 0.1) is 0 Å². The quantitative estimate of drug-likeness (QED) is 0.659. The summed E-state index contributed by atoms with van der Waals surface area (Å²) in [5.74, 6) is 2.09. The highest BCUT2D eigenvalue weighted by molar-refractivity contribution is 7.91. The maximum atomic E-state index is 6.85. The summed E-state index contributed by atoms with van der Waals surface area (Å²) in [6, 6.07) is 11.9. The normalized spacial score (nSPS) is 12.6. The second-order valence-corrected chi connectivity index (χ2v) is 9.78. The van der Waals surface area contributed by atoms with Crippen molar-refractivity contribution in [1.29, 1.82) is 0 Å². The molecule has 0 bridgehead atoms. The van der Waals surface area contributed by atoms with Crippen molar-refractivity contribution < 1.29 is 14.2 Å². The molecule has 2 aromatic carbocycles. The minimum atomic E-state index is -0.877. The van der Waals surface area contributed by atoms with Gasteiger partial charge in [-0.25, -0.2) is 0 Å². The van der Waals surface area contributed by atoms with Gasteiger partial charge in [0.2, 0.25) is 0 Å². The van der Waals surface area contributed by atoms with Crippen molar-refractivity contribution in [3.8, 4) is 28.4 Å². The third kappa shape index (κ3) is 3.79. The first-order chi connectivity index (χ1) is 11.3. The Balaban J connectivity index is 2.73. The summed E-state index contributed by atoms with van der Waals surface area (Å²) in [6.45, 7) is 6.47. The van der Waals surface area contributed by atoms with Crippen LogP contribution in [0.2, 0.25) is 0 Å². The maximum absolute atomic E-state index is 6.85. The summed E-state index contributed by atoms with van der Waals surface area (Å²) in [5.41, 5.74) is 1.93. The minimum absolute atomic E-state index is 0.0140. The zero-order chi connectivity index (χ0) is 17.9. The molecule has 0 fully saturated rings. The van der Waals surface area contributed by atoms with Gasteiger partial charge in [0.25, 0.3) is 0 Å². The predicted molar refractivity (Wildman–Crippen MR) is 104 cm³/mol. The molecule has 130 valence electrons. The molecule has 0 aromatic heterocycles. The van der Waals surface area contributed by atoms with Gasteiger partial charge in [0.15, 0.2) is 0 Å². The monoisotopic (exact) mass is 366 g/mol. The molecule has 0 N–H and O–H groups in total. The molecule has 2 rings (SSSR count). The molecule has 0 amide bonds. The minimum Gasteiger partial charge on any atom is -0.496 e. The smallest absolute Gasteiger partial charge is 0.134 e. The second-order valence-electron chi connectivity index (χ2n) is 6.38. The summed E-state index contributed by atoms with van der Waals surface area (Å²) >= 11 is 6.85. The van der Waals surface area contributed by atoms with Gasteiger partial charge in [-0.3, -0.25) is 0 Å². The molecule has 3 nitrogen and oxygen atoms in total. The van der Waals surface area contributed by atoms with Crippen molar-refractivity contribution in [2.45, 2.75) is 25.9 Å². The Bertz CT molecular complexity index is 685. The molecular formula is C19H24ClO3P. The Hall–Kier alpha value is -1.44. The highest BCUT2D eigenvalue weighted by Crippen LogP contribution is 2.55. The van der Waals surface area contributed by atoms with E-state index >= 15 is 0 Å². The Morgan fingerprint density at radius 1 is 0.875 bits per heavy atom. The van der Waals surface area contributed by atoms with Crippen LogP contribution >= 0.6 is 18.5 Å². The van der Waals surface area contributed by atoms with Gasteiger partial charge >= 0.3 is 0 Å². The van der Waals surface area contributed by atoms with Crippen LogP contribution in [0.25, 0.3) is 11.1 Å². The summed E-state index contributed by atoms with van der Waals surface area (Å²) in [7, 11) is 4.04.